The van der Waals surface area contributed by atoms with E-state index < -0.39 is 10.8 Å². The van der Waals surface area contributed by atoms with E-state index in [4.69, 9.17) is 33.3 Å². The number of amides is 1. The molecular formula is C16H14ClN3O5S. The Morgan fingerprint density at radius 2 is 1.92 bits per heavy atom. The third-order valence-electron chi connectivity index (χ3n) is 3.29. The van der Waals surface area contributed by atoms with Crippen LogP contribution in [0.25, 0.3) is 0 Å². The summed E-state index contributed by atoms with van der Waals surface area (Å²) in [6.45, 7) is 0. The molecule has 0 saturated heterocycles. The number of carbonyl (C=O) groups excluding carboxylic acids is 1. The number of thiocarbonyl (C=S) groups is 1. The lowest BCUT2D eigenvalue weighted by Crippen LogP contribution is -2.34. The highest BCUT2D eigenvalue weighted by molar-refractivity contribution is 7.80. The average molecular weight is 396 g/mol. The number of anilines is 1. The Labute approximate surface area is 159 Å². The maximum atomic E-state index is 12.4. The third kappa shape index (κ3) is 4.58. The fourth-order valence-electron chi connectivity index (χ4n) is 2.03. The number of benzene rings is 2. The van der Waals surface area contributed by atoms with Crippen molar-refractivity contribution in [2.24, 2.45) is 0 Å². The van der Waals surface area contributed by atoms with Crippen molar-refractivity contribution in [3.05, 3.63) is 57.1 Å². The van der Waals surface area contributed by atoms with Crippen molar-refractivity contribution in [3.63, 3.8) is 0 Å². The fraction of sp³-hybridized carbons (Fsp3) is 0.125. The van der Waals surface area contributed by atoms with Crippen molar-refractivity contribution in [1.82, 2.24) is 5.32 Å². The van der Waals surface area contributed by atoms with E-state index in [-0.39, 0.29) is 21.4 Å². The first kappa shape index (κ1) is 19.4. The van der Waals surface area contributed by atoms with Gasteiger partial charge in [0.25, 0.3) is 11.6 Å². The number of nitro benzene ring substituents is 1. The minimum Gasteiger partial charge on any atom is -0.497 e. The van der Waals surface area contributed by atoms with Crippen LogP contribution in [-0.4, -0.2) is 30.2 Å². The summed E-state index contributed by atoms with van der Waals surface area (Å²) < 4.78 is 10.3. The van der Waals surface area contributed by atoms with Crippen LogP contribution in [0.5, 0.6) is 11.5 Å². The lowest BCUT2D eigenvalue weighted by atomic mass is 10.2. The van der Waals surface area contributed by atoms with Gasteiger partial charge in [-0.15, -0.1) is 0 Å². The van der Waals surface area contributed by atoms with Crippen LogP contribution in [0.4, 0.5) is 11.4 Å². The summed E-state index contributed by atoms with van der Waals surface area (Å²) in [5.74, 6) is 0.356. The normalized spacial score (nSPS) is 9.96. The topological polar surface area (TPSA) is 103 Å². The van der Waals surface area contributed by atoms with E-state index >= 15 is 0 Å². The number of methoxy groups -OCH3 is 2. The van der Waals surface area contributed by atoms with E-state index in [1.54, 1.807) is 12.1 Å². The SMILES string of the molecule is COc1ccc(C(=O)NC(=S)Nc2ccc([N+](=O)[O-])cc2Cl)c(OC)c1. The molecule has 0 radical (unpaired) electrons. The first-order valence-corrected chi connectivity index (χ1v) is 7.92. The van der Waals surface area contributed by atoms with Crippen LogP contribution in [0.2, 0.25) is 5.02 Å². The summed E-state index contributed by atoms with van der Waals surface area (Å²) in [7, 11) is 2.93. The van der Waals surface area contributed by atoms with Crippen molar-refractivity contribution in [2.45, 2.75) is 0 Å². The second-order valence-corrected chi connectivity index (χ2v) is 5.71. The zero-order chi connectivity index (χ0) is 19.3. The number of halogens is 1. The van der Waals surface area contributed by atoms with Crippen LogP contribution in [0.1, 0.15) is 10.4 Å². The Balaban J connectivity index is 2.10. The molecule has 8 nitrogen and oxygen atoms in total. The Bertz CT molecular complexity index is 875. The van der Waals surface area contributed by atoms with Gasteiger partial charge in [0.05, 0.1) is 35.4 Å². The molecule has 0 atom stereocenters. The molecule has 0 aromatic heterocycles. The van der Waals surface area contributed by atoms with Gasteiger partial charge in [-0.25, -0.2) is 0 Å². The van der Waals surface area contributed by atoms with Crippen LogP contribution in [0.3, 0.4) is 0 Å². The van der Waals surface area contributed by atoms with E-state index in [1.807, 2.05) is 0 Å². The van der Waals surface area contributed by atoms with Crippen molar-refractivity contribution in [2.75, 3.05) is 19.5 Å². The Hall–Kier alpha value is -2.91. The van der Waals surface area contributed by atoms with E-state index in [2.05, 4.69) is 10.6 Å². The molecule has 10 heteroatoms. The Morgan fingerprint density at radius 1 is 1.19 bits per heavy atom. The second-order valence-electron chi connectivity index (χ2n) is 4.90. The van der Waals surface area contributed by atoms with Crippen molar-refractivity contribution < 1.29 is 19.2 Å². The fourth-order valence-corrected chi connectivity index (χ4v) is 2.45. The molecule has 0 aliphatic rings. The van der Waals surface area contributed by atoms with E-state index in [1.165, 1.54) is 38.5 Å². The number of hydrogen-bond acceptors (Lipinski definition) is 6. The first-order chi connectivity index (χ1) is 12.3. The molecule has 0 fully saturated rings. The maximum absolute atomic E-state index is 12.4. The highest BCUT2D eigenvalue weighted by Gasteiger charge is 2.16. The number of hydrogen-bond donors (Lipinski definition) is 2. The van der Waals surface area contributed by atoms with Crippen LogP contribution >= 0.6 is 23.8 Å². The van der Waals surface area contributed by atoms with Gasteiger partial charge in [-0.2, -0.15) is 0 Å². The molecule has 0 aliphatic carbocycles. The van der Waals surface area contributed by atoms with Gasteiger partial charge >= 0.3 is 0 Å². The molecule has 0 unspecified atom stereocenters. The van der Waals surface area contributed by atoms with Crippen molar-refractivity contribution in [1.29, 1.82) is 0 Å². The van der Waals surface area contributed by atoms with Crippen molar-refractivity contribution >= 4 is 46.2 Å². The molecule has 2 rings (SSSR count). The lowest BCUT2D eigenvalue weighted by molar-refractivity contribution is -0.384. The molecule has 26 heavy (non-hydrogen) atoms. The molecule has 136 valence electrons. The largest absolute Gasteiger partial charge is 0.497 e. The molecule has 2 aromatic rings. The number of non-ortho nitro benzene ring substituents is 1. The van der Waals surface area contributed by atoms with Gasteiger partial charge < -0.3 is 14.8 Å². The lowest BCUT2D eigenvalue weighted by Gasteiger charge is -2.13. The predicted molar refractivity (Wildman–Crippen MR) is 101 cm³/mol. The molecule has 0 spiro atoms. The quantitative estimate of drug-likeness (QED) is 0.454. The minimum atomic E-state index is -0.564. The second kappa shape index (κ2) is 8.45. The monoisotopic (exact) mass is 395 g/mol. The molecule has 0 aliphatic heterocycles. The minimum absolute atomic E-state index is 0.0244. The molecule has 0 heterocycles. The van der Waals surface area contributed by atoms with E-state index in [0.29, 0.717) is 17.2 Å². The van der Waals surface area contributed by atoms with E-state index in [9.17, 15) is 14.9 Å². The zero-order valence-electron chi connectivity index (χ0n) is 13.7. The molecular weight excluding hydrogens is 382 g/mol. The highest BCUT2D eigenvalue weighted by atomic mass is 35.5. The number of nitro groups is 1. The summed E-state index contributed by atoms with van der Waals surface area (Å²) in [6, 6.07) is 8.56. The standard InChI is InChI=1S/C16H14ClN3O5S/c1-24-10-4-5-11(14(8-10)25-2)15(21)19-16(26)18-13-6-3-9(20(22)23)7-12(13)17/h3-8H,1-2H3,(H2,18,19,21,26). The van der Waals surface area contributed by atoms with Crippen LogP contribution in [-0.2, 0) is 0 Å². The number of rotatable bonds is 5. The summed E-state index contributed by atoms with van der Waals surface area (Å²) in [5.41, 5.74) is 0.426. The van der Waals surface area contributed by atoms with Crippen LogP contribution in [0, 0.1) is 10.1 Å². The van der Waals surface area contributed by atoms with Gasteiger partial charge in [-0.05, 0) is 30.4 Å². The smallest absolute Gasteiger partial charge is 0.271 e. The van der Waals surface area contributed by atoms with Crippen LogP contribution < -0.4 is 20.1 Å². The third-order valence-corrected chi connectivity index (χ3v) is 3.81. The Morgan fingerprint density at radius 3 is 2.50 bits per heavy atom. The van der Waals surface area contributed by atoms with Gasteiger partial charge in [0.2, 0.25) is 0 Å². The van der Waals surface area contributed by atoms with Crippen LogP contribution in [0.15, 0.2) is 36.4 Å². The number of nitrogens with one attached hydrogen (secondary N) is 2. The first-order valence-electron chi connectivity index (χ1n) is 7.14. The maximum Gasteiger partial charge on any atom is 0.271 e. The summed E-state index contributed by atoms with van der Waals surface area (Å²) in [5, 5.41) is 16.0. The van der Waals surface area contributed by atoms with Crippen molar-refractivity contribution in [3.8, 4) is 11.5 Å². The van der Waals surface area contributed by atoms with E-state index in [0.717, 1.165) is 0 Å². The van der Waals surface area contributed by atoms with Gasteiger partial charge in [-0.3, -0.25) is 20.2 Å². The van der Waals surface area contributed by atoms with Gasteiger partial charge in [0, 0.05) is 18.2 Å². The number of carbonyl (C=O) groups is 1. The molecule has 2 aromatic carbocycles. The summed E-state index contributed by atoms with van der Waals surface area (Å²) in [4.78, 5) is 22.5. The molecule has 2 N–H and O–H groups in total. The zero-order valence-corrected chi connectivity index (χ0v) is 15.3. The highest BCUT2D eigenvalue weighted by Crippen LogP contribution is 2.27. The van der Waals surface area contributed by atoms with Gasteiger partial charge in [-0.1, -0.05) is 11.6 Å². The predicted octanol–water partition coefficient (Wildman–Crippen LogP) is 3.39. The molecule has 1 amide bonds. The molecule has 0 bridgehead atoms. The Kier molecular flexibility index (Phi) is 6.31. The number of ether oxygens (including phenoxy) is 2. The number of nitrogens with zero attached hydrogens (tertiary/aromatic N) is 1. The summed E-state index contributed by atoms with van der Waals surface area (Å²) >= 11 is 11.1. The van der Waals surface area contributed by atoms with Gasteiger partial charge in [0.15, 0.2) is 5.11 Å². The average Bonchev–Trinajstić information content (AvgIpc) is 2.62. The molecule has 0 saturated carbocycles. The van der Waals surface area contributed by atoms with Gasteiger partial charge in [0.1, 0.15) is 11.5 Å². The summed E-state index contributed by atoms with van der Waals surface area (Å²) in [6.07, 6.45) is 0.